The highest BCUT2D eigenvalue weighted by Gasteiger charge is 2.27. The van der Waals surface area contributed by atoms with Gasteiger partial charge in [-0.2, -0.15) is 0 Å². The third kappa shape index (κ3) is 2.70. The van der Waals surface area contributed by atoms with Gasteiger partial charge in [-0.1, -0.05) is 25.5 Å². The molecule has 0 saturated heterocycles. The smallest absolute Gasteiger partial charge is 0.132 e. The fraction of sp³-hybridized carbons (Fsp3) is 0.556. The molecule has 1 aromatic heterocycles. The minimum absolute atomic E-state index is 0.418. The van der Waals surface area contributed by atoms with Crippen LogP contribution >= 0.6 is 0 Å². The summed E-state index contributed by atoms with van der Waals surface area (Å²) in [6.07, 6.45) is 13.8. The summed E-state index contributed by atoms with van der Waals surface area (Å²) in [5, 5.41) is 0. The van der Waals surface area contributed by atoms with Crippen molar-refractivity contribution in [1.29, 1.82) is 0 Å². The molecular weight excluding hydrogens is 246 g/mol. The Bertz CT molecular complexity index is 532. The lowest BCUT2D eigenvalue weighted by Crippen LogP contribution is -2.18. The minimum Gasteiger partial charge on any atom is -0.300 e. The van der Waals surface area contributed by atoms with Gasteiger partial charge >= 0.3 is 0 Å². The molecule has 0 bridgehead atoms. The highest BCUT2D eigenvalue weighted by Crippen LogP contribution is 2.39. The quantitative estimate of drug-likeness (QED) is 0.816. The lowest BCUT2D eigenvalue weighted by Gasteiger charge is -2.29. The van der Waals surface area contributed by atoms with Gasteiger partial charge in [-0.15, -0.1) is 0 Å². The number of hydrogen-bond acceptors (Lipinski definition) is 2. The van der Waals surface area contributed by atoms with E-state index < -0.39 is 0 Å². The Hall–Kier alpha value is -1.44. The first-order chi connectivity index (χ1) is 9.78. The van der Waals surface area contributed by atoms with Crippen molar-refractivity contribution in [3.05, 3.63) is 35.2 Å². The van der Waals surface area contributed by atoms with E-state index >= 15 is 0 Å². The molecule has 1 unspecified atom stereocenters. The predicted octanol–water partition coefficient (Wildman–Crippen LogP) is 4.29. The number of ketones is 1. The maximum atomic E-state index is 11.7. The van der Waals surface area contributed by atoms with Crippen LogP contribution < -0.4 is 0 Å². The average molecular weight is 269 g/mol. The van der Waals surface area contributed by atoms with Crippen molar-refractivity contribution >= 4 is 11.9 Å². The first-order valence-corrected chi connectivity index (χ1v) is 7.94. The van der Waals surface area contributed by atoms with Gasteiger partial charge in [-0.05, 0) is 48.8 Å². The Morgan fingerprint density at radius 1 is 1.40 bits per heavy atom. The molecule has 1 aromatic rings. The van der Waals surface area contributed by atoms with Gasteiger partial charge in [-0.25, -0.2) is 0 Å². The molecule has 1 fully saturated rings. The number of allylic oxidation sites excluding steroid dienone is 1. The summed E-state index contributed by atoms with van der Waals surface area (Å²) in [6.45, 7) is 1.97. The monoisotopic (exact) mass is 269 g/mol. The van der Waals surface area contributed by atoms with E-state index in [1.54, 1.807) is 0 Å². The van der Waals surface area contributed by atoms with Crippen LogP contribution in [0.4, 0.5) is 0 Å². The Balaban J connectivity index is 1.76. The molecule has 1 saturated carbocycles. The number of pyridine rings is 1. The largest absolute Gasteiger partial charge is 0.300 e. The van der Waals surface area contributed by atoms with Crippen LogP contribution in [0.25, 0.3) is 6.08 Å². The summed E-state index contributed by atoms with van der Waals surface area (Å²) in [4.78, 5) is 16.4. The van der Waals surface area contributed by atoms with Crippen LogP contribution in [-0.2, 0) is 11.2 Å². The number of carbonyl (C=O) groups is 1. The van der Waals surface area contributed by atoms with Gasteiger partial charge in [0.25, 0.3) is 0 Å². The lowest BCUT2D eigenvalue weighted by molar-refractivity contribution is -0.119. The predicted molar refractivity (Wildman–Crippen MR) is 81.6 cm³/mol. The van der Waals surface area contributed by atoms with E-state index in [1.807, 2.05) is 13.1 Å². The van der Waals surface area contributed by atoms with Crippen molar-refractivity contribution in [3.8, 4) is 0 Å². The highest BCUT2D eigenvalue weighted by molar-refractivity contribution is 5.78. The molecule has 0 radical (unpaired) electrons. The Kier molecular flexibility index (Phi) is 4.00. The van der Waals surface area contributed by atoms with E-state index in [9.17, 15) is 4.79 Å². The number of hydrogen-bond donors (Lipinski definition) is 0. The fourth-order valence-electron chi connectivity index (χ4n) is 3.72. The maximum absolute atomic E-state index is 11.7. The summed E-state index contributed by atoms with van der Waals surface area (Å²) >= 11 is 0. The van der Waals surface area contributed by atoms with Crippen LogP contribution in [0.3, 0.4) is 0 Å². The second-order valence-electron chi connectivity index (χ2n) is 6.20. The summed E-state index contributed by atoms with van der Waals surface area (Å²) in [6, 6.07) is 2.14. The zero-order valence-corrected chi connectivity index (χ0v) is 12.3. The van der Waals surface area contributed by atoms with Crippen LogP contribution in [0, 0.1) is 5.92 Å². The van der Waals surface area contributed by atoms with Gasteiger partial charge in [0.15, 0.2) is 0 Å². The molecule has 0 aromatic carbocycles. The number of Topliss-reactive ketones (excluding diaryl/α,β-unsaturated/α-hetero) is 1. The van der Waals surface area contributed by atoms with Gasteiger partial charge in [0, 0.05) is 25.0 Å². The molecule has 106 valence electrons. The molecule has 0 aliphatic heterocycles. The third-order valence-electron chi connectivity index (χ3n) is 4.81. The Morgan fingerprint density at radius 2 is 2.30 bits per heavy atom. The SMILES string of the molecule is CCC(=O)C[C@@H]1CCCC(c2nccc3c2C=CC3)C1. The molecule has 2 heteroatoms. The van der Waals surface area contributed by atoms with Crippen molar-refractivity contribution in [2.45, 2.75) is 57.8 Å². The molecule has 2 atom stereocenters. The van der Waals surface area contributed by atoms with Crippen molar-refractivity contribution in [2.24, 2.45) is 5.92 Å². The van der Waals surface area contributed by atoms with E-state index in [4.69, 9.17) is 0 Å². The topological polar surface area (TPSA) is 30.0 Å². The number of fused-ring (bicyclic) bond motifs is 1. The molecular formula is C18H23NO. The minimum atomic E-state index is 0.418. The van der Waals surface area contributed by atoms with E-state index in [2.05, 4.69) is 23.2 Å². The third-order valence-corrected chi connectivity index (χ3v) is 4.81. The fourth-order valence-corrected chi connectivity index (χ4v) is 3.72. The molecule has 2 nitrogen and oxygen atoms in total. The molecule has 2 aliphatic carbocycles. The van der Waals surface area contributed by atoms with Gasteiger partial charge in [-0.3, -0.25) is 9.78 Å². The van der Waals surface area contributed by atoms with Gasteiger partial charge < -0.3 is 0 Å². The van der Waals surface area contributed by atoms with Crippen LogP contribution in [0.15, 0.2) is 18.3 Å². The number of rotatable bonds is 4. The standard InChI is InChI=1S/C18H23NO/c1-2-16(20)12-13-5-3-7-15(11-13)18-17-8-4-6-14(17)9-10-19-18/h4,8-10,13,15H,2-3,5-7,11-12H2,1H3/t13-,15?/m1/s1. The van der Waals surface area contributed by atoms with Crippen LogP contribution in [-0.4, -0.2) is 10.8 Å². The first kappa shape index (κ1) is 13.5. The second-order valence-corrected chi connectivity index (χ2v) is 6.20. The Labute approximate surface area is 121 Å². The van der Waals surface area contributed by atoms with Crippen molar-refractivity contribution < 1.29 is 4.79 Å². The van der Waals surface area contributed by atoms with Crippen LogP contribution in [0.5, 0.6) is 0 Å². The zero-order valence-electron chi connectivity index (χ0n) is 12.3. The van der Waals surface area contributed by atoms with Crippen molar-refractivity contribution in [2.75, 3.05) is 0 Å². The Morgan fingerprint density at radius 3 is 3.15 bits per heavy atom. The van der Waals surface area contributed by atoms with Gasteiger partial charge in [0.2, 0.25) is 0 Å². The second kappa shape index (κ2) is 5.90. The summed E-state index contributed by atoms with van der Waals surface area (Å²) < 4.78 is 0. The molecule has 1 heterocycles. The van der Waals surface area contributed by atoms with Crippen LogP contribution in [0.1, 0.15) is 68.2 Å². The van der Waals surface area contributed by atoms with Gasteiger partial charge in [0.05, 0.1) is 5.69 Å². The number of carbonyl (C=O) groups excluding carboxylic acids is 1. The highest BCUT2D eigenvalue weighted by atomic mass is 16.1. The maximum Gasteiger partial charge on any atom is 0.132 e. The van der Waals surface area contributed by atoms with Gasteiger partial charge in [0.1, 0.15) is 5.78 Å². The summed E-state index contributed by atoms with van der Waals surface area (Å²) in [5.41, 5.74) is 4.06. The van der Waals surface area contributed by atoms with Crippen LogP contribution in [0.2, 0.25) is 0 Å². The lowest BCUT2D eigenvalue weighted by atomic mass is 9.76. The summed E-state index contributed by atoms with van der Waals surface area (Å²) in [5.74, 6) is 1.54. The number of aromatic nitrogens is 1. The van der Waals surface area contributed by atoms with E-state index in [0.29, 0.717) is 24.0 Å². The van der Waals surface area contributed by atoms with E-state index in [0.717, 1.165) is 19.3 Å². The molecule has 3 rings (SSSR count). The molecule has 0 spiro atoms. The zero-order chi connectivity index (χ0) is 13.9. The first-order valence-electron chi connectivity index (χ1n) is 7.94. The molecule has 2 aliphatic rings. The average Bonchev–Trinajstić information content (AvgIpc) is 2.95. The number of nitrogens with zero attached hydrogens (tertiary/aromatic N) is 1. The molecule has 0 N–H and O–H groups in total. The summed E-state index contributed by atoms with van der Waals surface area (Å²) in [7, 11) is 0. The van der Waals surface area contributed by atoms with Crippen molar-refractivity contribution in [1.82, 2.24) is 4.98 Å². The van der Waals surface area contributed by atoms with E-state index in [1.165, 1.54) is 36.1 Å². The van der Waals surface area contributed by atoms with Crippen molar-refractivity contribution in [3.63, 3.8) is 0 Å². The van der Waals surface area contributed by atoms with E-state index in [-0.39, 0.29) is 0 Å². The molecule has 20 heavy (non-hydrogen) atoms. The normalized spacial score (nSPS) is 24.6. The molecule has 0 amide bonds.